The molecule has 26 heavy (non-hydrogen) atoms. The zero-order chi connectivity index (χ0) is 18.4. The van der Waals surface area contributed by atoms with Crippen LogP contribution in [0, 0.1) is 5.92 Å². The number of aromatic nitrogens is 1. The Balaban J connectivity index is 1.52. The molecule has 3 heterocycles. The Kier molecular flexibility index (Phi) is 6.57. The summed E-state index contributed by atoms with van der Waals surface area (Å²) in [6.45, 7) is 8.65. The third-order valence-corrected chi connectivity index (χ3v) is 5.14. The van der Waals surface area contributed by atoms with Crippen molar-refractivity contribution in [3.63, 3.8) is 0 Å². The van der Waals surface area contributed by atoms with Gasteiger partial charge in [-0.25, -0.2) is 0 Å². The smallest absolute Gasteiger partial charge is 0.228 e. The summed E-state index contributed by atoms with van der Waals surface area (Å²) in [6, 6.07) is 3.82. The standard InChI is InChI=1S/C19H28N4O3/c1-2-22(7-6-21-8-10-26-11-9-21)19(25)17-12-18(24)23(15-17)14-16-4-3-5-20-13-16/h3-5,13,17H,2,6-12,14-15H2,1H3. The van der Waals surface area contributed by atoms with E-state index in [1.165, 1.54) is 0 Å². The van der Waals surface area contributed by atoms with Crippen molar-refractivity contribution >= 4 is 11.8 Å². The minimum absolute atomic E-state index is 0.0523. The molecule has 0 aliphatic carbocycles. The number of rotatable bonds is 7. The molecule has 7 heteroatoms. The highest BCUT2D eigenvalue weighted by Gasteiger charge is 2.36. The van der Waals surface area contributed by atoms with Crippen LogP contribution in [0.15, 0.2) is 24.5 Å². The third-order valence-electron chi connectivity index (χ3n) is 5.14. The minimum atomic E-state index is -0.233. The first-order valence-corrected chi connectivity index (χ1v) is 9.43. The van der Waals surface area contributed by atoms with E-state index in [1.54, 1.807) is 17.3 Å². The highest BCUT2D eigenvalue weighted by Crippen LogP contribution is 2.22. The van der Waals surface area contributed by atoms with Crippen molar-refractivity contribution in [2.24, 2.45) is 5.92 Å². The molecule has 3 rings (SSSR count). The van der Waals surface area contributed by atoms with Crippen LogP contribution in [0.25, 0.3) is 0 Å². The number of hydrogen-bond acceptors (Lipinski definition) is 5. The van der Waals surface area contributed by atoms with Crippen molar-refractivity contribution in [3.05, 3.63) is 30.1 Å². The van der Waals surface area contributed by atoms with Crippen LogP contribution in [0.4, 0.5) is 0 Å². The summed E-state index contributed by atoms with van der Waals surface area (Å²) in [5, 5.41) is 0. The van der Waals surface area contributed by atoms with Gasteiger partial charge in [0.15, 0.2) is 0 Å². The molecule has 0 spiro atoms. The summed E-state index contributed by atoms with van der Waals surface area (Å²) in [5.41, 5.74) is 0.994. The molecule has 2 fully saturated rings. The molecule has 142 valence electrons. The molecule has 0 aromatic carbocycles. The number of morpholine rings is 1. The van der Waals surface area contributed by atoms with E-state index in [0.717, 1.165) is 38.4 Å². The van der Waals surface area contributed by atoms with Crippen LogP contribution in [0.5, 0.6) is 0 Å². The Morgan fingerprint density at radius 1 is 1.38 bits per heavy atom. The number of likely N-dealkylation sites (N-methyl/N-ethyl adjacent to an activating group) is 1. The Morgan fingerprint density at radius 2 is 2.19 bits per heavy atom. The van der Waals surface area contributed by atoms with Gasteiger partial charge in [-0.15, -0.1) is 0 Å². The predicted octanol–water partition coefficient (Wildman–Crippen LogP) is 0.611. The topological polar surface area (TPSA) is 66.0 Å². The maximum atomic E-state index is 12.9. The highest BCUT2D eigenvalue weighted by molar-refractivity contribution is 5.89. The van der Waals surface area contributed by atoms with E-state index in [2.05, 4.69) is 9.88 Å². The fraction of sp³-hybridized carbons (Fsp3) is 0.632. The molecule has 0 saturated carbocycles. The van der Waals surface area contributed by atoms with Crippen molar-refractivity contribution in [1.82, 2.24) is 19.7 Å². The Hall–Kier alpha value is -1.99. The SMILES string of the molecule is CCN(CCN1CCOCC1)C(=O)C1CC(=O)N(Cc2cccnc2)C1. The first kappa shape index (κ1) is 18.8. The van der Waals surface area contributed by atoms with E-state index < -0.39 is 0 Å². The maximum Gasteiger partial charge on any atom is 0.228 e. The molecule has 1 aromatic heterocycles. The first-order valence-electron chi connectivity index (χ1n) is 9.43. The van der Waals surface area contributed by atoms with Gasteiger partial charge in [-0.05, 0) is 18.6 Å². The van der Waals surface area contributed by atoms with Gasteiger partial charge in [0.25, 0.3) is 0 Å². The number of carbonyl (C=O) groups is 2. The normalized spacial score (nSPS) is 21.2. The minimum Gasteiger partial charge on any atom is -0.379 e. The molecule has 7 nitrogen and oxygen atoms in total. The molecule has 2 amide bonds. The first-order chi connectivity index (χ1) is 12.7. The lowest BCUT2D eigenvalue weighted by molar-refractivity contribution is -0.136. The van der Waals surface area contributed by atoms with Gasteiger partial charge in [-0.2, -0.15) is 0 Å². The summed E-state index contributed by atoms with van der Waals surface area (Å²) >= 11 is 0. The zero-order valence-electron chi connectivity index (χ0n) is 15.5. The van der Waals surface area contributed by atoms with Gasteiger partial charge in [0.05, 0.1) is 19.1 Å². The van der Waals surface area contributed by atoms with Crippen LogP contribution >= 0.6 is 0 Å². The molecule has 1 unspecified atom stereocenters. The van der Waals surface area contributed by atoms with Gasteiger partial charge >= 0.3 is 0 Å². The summed E-state index contributed by atoms with van der Waals surface area (Å²) in [5.74, 6) is -0.0805. The van der Waals surface area contributed by atoms with Crippen molar-refractivity contribution in [2.45, 2.75) is 19.9 Å². The van der Waals surface area contributed by atoms with Crippen LogP contribution in [-0.4, -0.2) is 84.0 Å². The zero-order valence-corrected chi connectivity index (χ0v) is 15.5. The summed E-state index contributed by atoms with van der Waals surface area (Å²) in [7, 11) is 0. The summed E-state index contributed by atoms with van der Waals surface area (Å²) in [4.78, 5) is 35.3. The molecule has 0 radical (unpaired) electrons. The van der Waals surface area contributed by atoms with Crippen molar-refractivity contribution < 1.29 is 14.3 Å². The quantitative estimate of drug-likeness (QED) is 0.713. The van der Waals surface area contributed by atoms with Crippen LogP contribution in [-0.2, 0) is 20.9 Å². The number of ether oxygens (including phenoxy) is 1. The Labute approximate surface area is 154 Å². The number of carbonyl (C=O) groups excluding carboxylic acids is 2. The van der Waals surface area contributed by atoms with Crippen LogP contribution in [0.1, 0.15) is 18.9 Å². The van der Waals surface area contributed by atoms with Crippen LogP contribution < -0.4 is 0 Å². The second-order valence-corrected chi connectivity index (χ2v) is 6.91. The third kappa shape index (κ3) is 4.80. The Bertz CT molecular complexity index is 604. The Morgan fingerprint density at radius 3 is 2.88 bits per heavy atom. The lowest BCUT2D eigenvalue weighted by atomic mass is 10.1. The van der Waals surface area contributed by atoms with E-state index in [9.17, 15) is 9.59 Å². The van der Waals surface area contributed by atoms with Crippen LogP contribution in [0.2, 0.25) is 0 Å². The second-order valence-electron chi connectivity index (χ2n) is 6.91. The van der Waals surface area contributed by atoms with Gasteiger partial charge in [0, 0.05) is 64.6 Å². The molecule has 0 bridgehead atoms. The fourth-order valence-electron chi connectivity index (χ4n) is 3.57. The molecule has 2 saturated heterocycles. The largest absolute Gasteiger partial charge is 0.379 e. The molecular weight excluding hydrogens is 332 g/mol. The highest BCUT2D eigenvalue weighted by atomic mass is 16.5. The van der Waals surface area contributed by atoms with E-state index in [-0.39, 0.29) is 17.7 Å². The lowest BCUT2D eigenvalue weighted by Gasteiger charge is -2.30. The van der Waals surface area contributed by atoms with E-state index in [0.29, 0.717) is 32.6 Å². The summed E-state index contributed by atoms with van der Waals surface area (Å²) in [6.07, 6.45) is 3.80. The average molecular weight is 360 g/mol. The number of likely N-dealkylation sites (tertiary alicyclic amines) is 1. The molecule has 1 aromatic rings. The van der Waals surface area contributed by atoms with E-state index in [1.807, 2.05) is 24.0 Å². The van der Waals surface area contributed by atoms with Gasteiger partial charge in [-0.1, -0.05) is 6.07 Å². The van der Waals surface area contributed by atoms with Crippen LogP contribution in [0.3, 0.4) is 0 Å². The average Bonchev–Trinajstić information content (AvgIpc) is 3.04. The van der Waals surface area contributed by atoms with Gasteiger partial charge in [0.1, 0.15) is 0 Å². The maximum absolute atomic E-state index is 12.9. The van der Waals surface area contributed by atoms with Gasteiger partial charge in [-0.3, -0.25) is 19.5 Å². The monoisotopic (exact) mass is 360 g/mol. The number of pyridine rings is 1. The molecule has 2 aliphatic heterocycles. The number of nitrogens with zero attached hydrogens (tertiary/aromatic N) is 4. The molecular formula is C19H28N4O3. The molecule has 1 atom stereocenters. The lowest BCUT2D eigenvalue weighted by Crippen LogP contribution is -2.44. The van der Waals surface area contributed by atoms with E-state index in [4.69, 9.17) is 4.74 Å². The predicted molar refractivity (Wildman–Crippen MR) is 97.3 cm³/mol. The number of hydrogen-bond donors (Lipinski definition) is 0. The summed E-state index contributed by atoms with van der Waals surface area (Å²) < 4.78 is 5.36. The van der Waals surface area contributed by atoms with Crippen molar-refractivity contribution in [2.75, 3.05) is 52.5 Å². The van der Waals surface area contributed by atoms with E-state index >= 15 is 0 Å². The fourth-order valence-corrected chi connectivity index (χ4v) is 3.57. The molecule has 2 aliphatic rings. The molecule has 0 N–H and O–H groups in total. The number of amides is 2. The van der Waals surface area contributed by atoms with Gasteiger partial charge < -0.3 is 14.5 Å². The van der Waals surface area contributed by atoms with Crippen molar-refractivity contribution in [3.8, 4) is 0 Å². The van der Waals surface area contributed by atoms with Crippen molar-refractivity contribution in [1.29, 1.82) is 0 Å². The second kappa shape index (κ2) is 9.09. The van der Waals surface area contributed by atoms with Gasteiger partial charge in [0.2, 0.25) is 11.8 Å².